The van der Waals surface area contributed by atoms with Gasteiger partial charge in [-0.2, -0.15) is 0 Å². The summed E-state index contributed by atoms with van der Waals surface area (Å²) in [5, 5.41) is 3.19. The summed E-state index contributed by atoms with van der Waals surface area (Å²) in [6, 6.07) is 12.2. The molecule has 160 valence electrons. The van der Waals surface area contributed by atoms with E-state index in [1.165, 1.54) is 10.4 Å². The first kappa shape index (κ1) is 22.2. The molecule has 1 aliphatic rings. The van der Waals surface area contributed by atoms with Gasteiger partial charge in [-0.05, 0) is 54.3 Å². The van der Waals surface area contributed by atoms with Gasteiger partial charge in [-0.25, -0.2) is 8.42 Å². The van der Waals surface area contributed by atoms with Crippen molar-refractivity contribution in [2.24, 2.45) is 5.92 Å². The Morgan fingerprint density at radius 3 is 2.57 bits per heavy atom. The van der Waals surface area contributed by atoms with Crippen LogP contribution in [0.2, 0.25) is 5.02 Å². The van der Waals surface area contributed by atoms with Crippen LogP contribution in [0.1, 0.15) is 25.8 Å². The summed E-state index contributed by atoms with van der Waals surface area (Å²) >= 11 is 6.22. The number of hydrogen-bond donors (Lipinski definition) is 1. The third-order valence-electron chi connectivity index (χ3n) is 4.48. The molecule has 0 spiro atoms. The minimum atomic E-state index is -3.20. The second-order valence-electron chi connectivity index (χ2n) is 7.51. The first-order chi connectivity index (χ1) is 14.2. The third kappa shape index (κ3) is 5.77. The Morgan fingerprint density at radius 2 is 1.97 bits per heavy atom. The fraction of sp³-hybridized carbons (Fsp3) is 0.318. The number of nitrogens with one attached hydrogen (secondary N) is 1. The SMILES string of the molecule is CC(C)COc1ccc(NC(=O)/C=C/c2ccc(N3CCCS3(=O)=O)cc2)cc1Cl. The molecule has 0 atom stereocenters. The zero-order chi connectivity index (χ0) is 21.7. The van der Waals surface area contributed by atoms with E-state index in [2.05, 4.69) is 19.2 Å². The fourth-order valence-electron chi connectivity index (χ4n) is 2.99. The molecule has 1 saturated heterocycles. The van der Waals surface area contributed by atoms with Gasteiger partial charge in [0.25, 0.3) is 0 Å². The molecule has 1 aliphatic heterocycles. The topological polar surface area (TPSA) is 75.7 Å². The van der Waals surface area contributed by atoms with Crippen molar-refractivity contribution in [2.75, 3.05) is 28.5 Å². The molecule has 0 saturated carbocycles. The van der Waals surface area contributed by atoms with Gasteiger partial charge in [0.05, 0.1) is 23.1 Å². The van der Waals surface area contributed by atoms with Gasteiger partial charge in [-0.3, -0.25) is 9.10 Å². The Kier molecular flexibility index (Phi) is 7.05. The number of sulfonamides is 1. The largest absolute Gasteiger partial charge is 0.492 e. The van der Waals surface area contributed by atoms with Crippen molar-refractivity contribution in [2.45, 2.75) is 20.3 Å². The molecule has 2 aromatic carbocycles. The molecular formula is C22H25ClN2O4S. The summed E-state index contributed by atoms with van der Waals surface area (Å²) < 4.78 is 31.0. The van der Waals surface area contributed by atoms with E-state index in [9.17, 15) is 13.2 Å². The maximum atomic E-state index is 12.2. The Balaban J connectivity index is 1.59. The Morgan fingerprint density at radius 1 is 1.23 bits per heavy atom. The van der Waals surface area contributed by atoms with Gasteiger partial charge in [0, 0.05) is 18.3 Å². The highest BCUT2D eigenvalue weighted by molar-refractivity contribution is 7.93. The van der Waals surface area contributed by atoms with Crippen molar-refractivity contribution >= 4 is 45.0 Å². The molecule has 2 aromatic rings. The fourth-order valence-corrected chi connectivity index (χ4v) is 4.79. The van der Waals surface area contributed by atoms with E-state index in [4.69, 9.17) is 16.3 Å². The predicted molar refractivity (Wildman–Crippen MR) is 122 cm³/mol. The maximum absolute atomic E-state index is 12.2. The van der Waals surface area contributed by atoms with Crippen molar-refractivity contribution in [1.82, 2.24) is 0 Å². The zero-order valence-corrected chi connectivity index (χ0v) is 18.5. The van der Waals surface area contributed by atoms with Crippen LogP contribution >= 0.6 is 11.6 Å². The Bertz CT molecular complexity index is 1030. The summed E-state index contributed by atoms with van der Waals surface area (Å²) in [6.07, 6.45) is 3.72. The molecule has 30 heavy (non-hydrogen) atoms. The number of benzene rings is 2. The summed E-state index contributed by atoms with van der Waals surface area (Å²) in [6.45, 7) is 5.17. The van der Waals surface area contributed by atoms with Gasteiger partial charge in [-0.1, -0.05) is 37.6 Å². The van der Waals surface area contributed by atoms with Gasteiger partial charge < -0.3 is 10.1 Å². The van der Waals surface area contributed by atoms with E-state index >= 15 is 0 Å². The first-order valence-electron chi connectivity index (χ1n) is 9.76. The molecule has 0 aromatic heterocycles. The quantitative estimate of drug-likeness (QED) is 0.629. The number of carbonyl (C=O) groups excluding carboxylic acids is 1. The average Bonchev–Trinajstić information content (AvgIpc) is 3.05. The number of halogens is 1. The molecule has 6 nitrogen and oxygen atoms in total. The molecule has 0 bridgehead atoms. The van der Waals surface area contributed by atoms with E-state index in [0.29, 0.717) is 47.6 Å². The number of nitrogens with zero attached hydrogens (tertiary/aromatic N) is 1. The van der Waals surface area contributed by atoms with E-state index < -0.39 is 10.0 Å². The van der Waals surface area contributed by atoms with Gasteiger partial charge in [0.2, 0.25) is 15.9 Å². The van der Waals surface area contributed by atoms with Gasteiger partial charge in [0.15, 0.2) is 0 Å². The van der Waals surface area contributed by atoms with E-state index in [1.807, 2.05) is 0 Å². The van der Waals surface area contributed by atoms with Crippen LogP contribution < -0.4 is 14.4 Å². The Labute approximate surface area is 182 Å². The molecular weight excluding hydrogens is 424 g/mol. The minimum absolute atomic E-state index is 0.184. The van der Waals surface area contributed by atoms with Crippen LogP contribution in [0.25, 0.3) is 6.08 Å². The van der Waals surface area contributed by atoms with Crippen molar-refractivity contribution in [1.29, 1.82) is 0 Å². The highest BCUT2D eigenvalue weighted by atomic mass is 35.5. The molecule has 8 heteroatoms. The van der Waals surface area contributed by atoms with E-state index in [1.54, 1.807) is 48.5 Å². The minimum Gasteiger partial charge on any atom is -0.492 e. The number of ether oxygens (including phenoxy) is 1. The molecule has 0 radical (unpaired) electrons. The maximum Gasteiger partial charge on any atom is 0.248 e. The molecule has 1 N–H and O–H groups in total. The van der Waals surface area contributed by atoms with Crippen LogP contribution in [0.3, 0.4) is 0 Å². The van der Waals surface area contributed by atoms with Crippen LogP contribution in [0.15, 0.2) is 48.5 Å². The van der Waals surface area contributed by atoms with Crippen LogP contribution in [0.5, 0.6) is 5.75 Å². The van der Waals surface area contributed by atoms with Crippen LogP contribution in [-0.2, 0) is 14.8 Å². The van der Waals surface area contributed by atoms with Crippen LogP contribution in [0.4, 0.5) is 11.4 Å². The summed E-state index contributed by atoms with van der Waals surface area (Å²) in [4.78, 5) is 12.2. The zero-order valence-electron chi connectivity index (χ0n) is 17.0. The lowest BCUT2D eigenvalue weighted by atomic mass is 10.2. The van der Waals surface area contributed by atoms with Crippen molar-refractivity contribution in [3.8, 4) is 5.75 Å². The predicted octanol–water partition coefficient (Wildman–Crippen LogP) is 4.57. The normalized spacial score (nSPS) is 15.7. The summed E-state index contributed by atoms with van der Waals surface area (Å²) in [5.41, 5.74) is 2.01. The third-order valence-corrected chi connectivity index (χ3v) is 6.64. The van der Waals surface area contributed by atoms with Crippen LogP contribution in [0, 0.1) is 5.92 Å². The molecule has 1 heterocycles. The lowest BCUT2D eigenvalue weighted by Crippen LogP contribution is -2.24. The highest BCUT2D eigenvalue weighted by Crippen LogP contribution is 2.28. The smallest absolute Gasteiger partial charge is 0.248 e. The second kappa shape index (κ2) is 9.53. The number of carbonyl (C=O) groups is 1. The summed E-state index contributed by atoms with van der Waals surface area (Å²) in [5.74, 6) is 0.857. The number of hydrogen-bond acceptors (Lipinski definition) is 4. The monoisotopic (exact) mass is 448 g/mol. The molecule has 3 rings (SSSR count). The lowest BCUT2D eigenvalue weighted by molar-refractivity contribution is -0.111. The molecule has 1 amide bonds. The summed E-state index contributed by atoms with van der Waals surface area (Å²) in [7, 11) is -3.20. The second-order valence-corrected chi connectivity index (χ2v) is 9.93. The van der Waals surface area contributed by atoms with Gasteiger partial charge >= 0.3 is 0 Å². The molecule has 0 unspecified atom stereocenters. The first-order valence-corrected chi connectivity index (χ1v) is 11.8. The molecule has 0 aliphatic carbocycles. The van der Waals surface area contributed by atoms with Crippen molar-refractivity contribution in [3.05, 3.63) is 59.1 Å². The molecule has 1 fully saturated rings. The van der Waals surface area contributed by atoms with Gasteiger partial charge in [0.1, 0.15) is 5.75 Å². The average molecular weight is 449 g/mol. The number of amides is 1. The van der Waals surface area contributed by atoms with E-state index in [-0.39, 0.29) is 11.7 Å². The van der Waals surface area contributed by atoms with Crippen molar-refractivity contribution in [3.63, 3.8) is 0 Å². The number of anilines is 2. The van der Waals surface area contributed by atoms with Crippen molar-refractivity contribution < 1.29 is 17.9 Å². The van der Waals surface area contributed by atoms with Gasteiger partial charge in [-0.15, -0.1) is 0 Å². The highest BCUT2D eigenvalue weighted by Gasteiger charge is 2.28. The standard InChI is InChI=1S/C22H25ClN2O4S/c1-16(2)15-29-21-10-7-18(14-20(21)23)24-22(26)11-6-17-4-8-19(9-5-17)25-12-3-13-30(25,27)28/h4-11,14,16H,3,12-13,15H2,1-2H3,(H,24,26)/b11-6+. The van der Waals surface area contributed by atoms with Crippen LogP contribution in [-0.4, -0.2) is 33.2 Å². The Hall–Kier alpha value is -2.51. The lowest BCUT2D eigenvalue weighted by Gasteiger charge is -2.16. The van der Waals surface area contributed by atoms with E-state index in [0.717, 1.165) is 5.56 Å². The number of rotatable bonds is 7.